The fraction of sp³-hybridized carbons (Fsp3) is 0.381. The third-order valence-electron chi connectivity index (χ3n) is 4.52. The van der Waals surface area contributed by atoms with Crippen LogP contribution in [-0.4, -0.2) is 23.1 Å². The van der Waals surface area contributed by atoms with Gasteiger partial charge in [0.2, 0.25) is 0 Å². The average Bonchev–Trinajstić information content (AvgIpc) is 3.14. The van der Waals surface area contributed by atoms with Crippen LogP contribution in [0.25, 0.3) is 11.2 Å². The highest BCUT2D eigenvalue weighted by atomic mass is 32.1. The van der Waals surface area contributed by atoms with Gasteiger partial charge in [-0.15, -0.1) is 0 Å². The lowest BCUT2D eigenvalue weighted by atomic mass is 10.2. The maximum atomic E-state index is 13.1. The Morgan fingerprint density at radius 3 is 2.40 bits per heavy atom. The summed E-state index contributed by atoms with van der Waals surface area (Å²) in [5.41, 5.74) is 2.01. The lowest BCUT2D eigenvalue weighted by Gasteiger charge is -2.12. The first-order valence-corrected chi connectivity index (χ1v) is 10.0. The summed E-state index contributed by atoms with van der Waals surface area (Å²) in [7, 11) is 0. The average molecular weight is 431 g/mol. The highest BCUT2D eigenvalue weighted by Crippen LogP contribution is 2.15. The van der Waals surface area contributed by atoms with E-state index in [1.54, 1.807) is 4.57 Å². The molecule has 2 heterocycles. The van der Waals surface area contributed by atoms with Crippen LogP contribution in [0, 0.1) is 6.92 Å². The predicted octanol–water partition coefficient (Wildman–Crippen LogP) is 2.94. The van der Waals surface area contributed by atoms with E-state index in [1.807, 2.05) is 51.1 Å². The summed E-state index contributed by atoms with van der Waals surface area (Å²) in [6.45, 7) is 8.64. The van der Waals surface area contributed by atoms with Gasteiger partial charge in [-0.2, -0.15) is 8.94 Å². The van der Waals surface area contributed by atoms with Crippen molar-refractivity contribution >= 4 is 23.7 Å². The minimum Gasteiger partial charge on any atom is -0.373 e. The van der Waals surface area contributed by atoms with Gasteiger partial charge < -0.3 is 4.84 Å². The molecule has 0 aliphatic rings. The van der Waals surface area contributed by atoms with Gasteiger partial charge in [0.1, 0.15) is 6.33 Å². The number of hydrogen-bond acceptors (Lipinski definition) is 6. The standard InChI is InChI=1S/C21H26N4O3.OS/c1-5-6-12-23-19-18(20(26)24(21(23)27)13-11-15(2)3)25(14-22-19)28-17-9-7-16(4)8-10-17;1-2/h7-11,14H,5-6,12-13H2,1-4H3;. The van der Waals surface area contributed by atoms with Gasteiger partial charge in [-0.05, 0) is 39.3 Å². The van der Waals surface area contributed by atoms with Crippen molar-refractivity contribution in [2.24, 2.45) is 0 Å². The number of nitrogens with zero attached hydrogens (tertiary/aromatic N) is 4. The molecular weight excluding hydrogens is 404 g/mol. The first-order valence-electron chi connectivity index (χ1n) is 9.68. The monoisotopic (exact) mass is 430 g/mol. The molecule has 0 unspecified atom stereocenters. The van der Waals surface area contributed by atoms with E-state index in [-0.39, 0.29) is 17.8 Å². The number of benzene rings is 1. The fourth-order valence-corrected chi connectivity index (χ4v) is 2.90. The van der Waals surface area contributed by atoms with E-state index >= 15 is 0 Å². The van der Waals surface area contributed by atoms with Gasteiger partial charge in [-0.1, -0.05) is 42.7 Å². The maximum Gasteiger partial charge on any atom is 0.333 e. The molecule has 3 aromatic rings. The van der Waals surface area contributed by atoms with Crippen LogP contribution in [0.2, 0.25) is 0 Å². The molecule has 2 aromatic heterocycles. The zero-order valence-corrected chi connectivity index (χ0v) is 18.4. The Kier molecular flexibility index (Phi) is 8.23. The van der Waals surface area contributed by atoms with E-state index in [1.165, 1.54) is 15.6 Å². The number of unbranched alkanes of at least 4 members (excludes halogenated alkanes) is 1. The van der Waals surface area contributed by atoms with Crippen LogP contribution in [0.5, 0.6) is 5.75 Å². The third kappa shape index (κ3) is 5.10. The zero-order chi connectivity index (χ0) is 22.3. The molecule has 0 aliphatic carbocycles. The van der Waals surface area contributed by atoms with E-state index in [9.17, 15) is 9.59 Å². The van der Waals surface area contributed by atoms with Gasteiger partial charge in [0.25, 0.3) is 5.56 Å². The largest absolute Gasteiger partial charge is 0.373 e. The summed E-state index contributed by atoms with van der Waals surface area (Å²) in [6.07, 6.45) is 5.06. The predicted molar refractivity (Wildman–Crippen MR) is 118 cm³/mol. The Morgan fingerprint density at radius 1 is 1.13 bits per heavy atom. The molecule has 0 amide bonds. The van der Waals surface area contributed by atoms with Gasteiger partial charge >= 0.3 is 5.69 Å². The molecule has 8 nitrogen and oxygen atoms in total. The van der Waals surface area contributed by atoms with Crippen molar-refractivity contribution in [3.8, 4) is 5.75 Å². The summed E-state index contributed by atoms with van der Waals surface area (Å²) in [4.78, 5) is 36.2. The molecule has 0 radical (unpaired) electrons. The van der Waals surface area contributed by atoms with E-state index in [4.69, 9.17) is 9.05 Å². The van der Waals surface area contributed by atoms with Crippen molar-refractivity contribution in [3.63, 3.8) is 0 Å². The van der Waals surface area contributed by atoms with Crippen molar-refractivity contribution in [3.05, 3.63) is 68.6 Å². The Bertz CT molecular complexity index is 1140. The van der Waals surface area contributed by atoms with Crippen LogP contribution in [0.1, 0.15) is 39.2 Å². The minimum absolute atomic E-state index is 0.220. The van der Waals surface area contributed by atoms with Gasteiger partial charge in [0.05, 0.1) is 0 Å². The van der Waals surface area contributed by atoms with E-state index < -0.39 is 5.56 Å². The molecule has 0 saturated heterocycles. The number of allylic oxidation sites excluding steroid dienone is 2. The Morgan fingerprint density at radius 2 is 1.80 bits per heavy atom. The van der Waals surface area contributed by atoms with Crippen molar-refractivity contribution < 1.29 is 9.05 Å². The first kappa shape index (κ1) is 23.2. The second kappa shape index (κ2) is 10.6. The van der Waals surface area contributed by atoms with Gasteiger partial charge in [-0.25, -0.2) is 9.78 Å². The molecule has 0 N–H and O–H groups in total. The van der Waals surface area contributed by atoms with Crippen molar-refractivity contribution in [1.29, 1.82) is 0 Å². The van der Waals surface area contributed by atoms with E-state index in [0.29, 0.717) is 17.9 Å². The summed E-state index contributed by atoms with van der Waals surface area (Å²) in [5.74, 6) is 0.589. The van der Waals surface area contributed by atoms with Crippen molar-refractivity contribution in [2.45, 2.75) is 53.6 Å². The third-order valence-corrected chi connectivity index (χ3v) is 4.52. The van der Waals surface area contributed by atoms with Gasteiger partial charge in [-0.3, -0.25) is 13.9 Å². The summed E-state index contributed by atoms with van der Waals surface area (Å²) < 4.78 is 12.0. The topological polar surface area (TPSA) is 88.1 Å². The van der Waals surface area contributed by atoms with Crippen LogP contribution in [-0.2, 0) is 25.6 Å². The SMILES string of the molecule is CCCCn1c(=O)n(CC=C(C)C)c(=O)c2c1ncn2Oc1ccc(C)cc1.O=S. The lowest BCUT2D eigenvalue weighted by Crippen LogP contribution is -2.40. The van der Waals surface area contributed by atoms with Crippen molar-refractivity contribution in [2.75, 3.05) is 0 Å². The number of fused-ring (bicyclic) bond motifs is 1. The fourth-order valence-electron chi connectivity index (χ4n) is 2.90. The lowest BCUT2D eigenvalue weighted by molar-refractivity contribution is 0.226. The normalized spacial score (nSPS) is 10.4. The van der Waals surface area contributed by atoms with Crippen LogP contribution in [0.15, 0.2) is 51.8 Å². The molecule has 1 aromatic carbocycles. The van der Waals surface area contributed by atoms with Crippen LogP contribution in [0.3, 0.4) is 0 Å². The van der Waals surface area contributed by atoms with Crippen molar-refractivity contribution in [1.82, 2.24) is 18.8 Å². The highest BCUT2D eigenvalue weighted by molar-refractivity contribution is 7.44. The minimum atomic E-state index is -0.408. The van der Waals surface area contributed by atoms with Crippen LogP contribution in [0.4, 0.5) is 0 Å². The number of aromatic nitrogens is 4. The molecule has 160 valence electrons. The summed E-state index contributed by atoms with van der Waals surface area (Å²) in [5, 5.41) is 0. The Labute approximate surface area is 179 Å². The Balaban J connectivity index is 0.00000155. The Hall–Kier alpha value is -3.07. The molecule has 0 spiro atoms. The van der Waals surface area contributed by atoms with Gasteiger partial charge in [0, 0.05) is 13.1 Å². The molecular formula is C21H26N4O4S. The molecule has 0 saturated carbocycles. The second-order valence-corrected chi connectivity index (χ2v) is 7.13. The molecule has 30 heavy (non-hydrogen) atoms. The van der Waals surface area contributed by atoms with Gasteiger partial charge in [0.15, 0.2) is 29.4 Å². The smallest absolute Gasteiger partial charge is 0.333 e. The summed E-state index contributed by atoms with van der Waals surface area (Å²) in [6, 6.07) is 7.52. The highest BCUT2D eigenvalue weighted by Gasteiger charge is 2.18. The molecule has 3 rings (SSSR count). The molecule has 0 aliphatic heterocycles. The second-order valence-electron chi connectivity index (χ2n) is 7.13. The first-order chi connectivity index (χ1) is 14.4. The molecule has 0 atom stereocenters. The molecule has 9 heteroatoms. The molecule has 0 fully saturated rings. The summed E-state index contributed by atoms with van der Waals surface area (Å²) >= 11 is 2.83. The maximum absolute atomic E-state index is 13.1. The number of imidazole rings is 1. The number of rotatable bonds is 7. The molecule has 0 bridgehead atoms. The number of aryl methyl sites for hydroxylation is 2. The van der Waals surface area contributed by atoms with Crippen LogP contribution < -0.4 is 16.1 Å². The zero-order valence-electron chi connectivity index (χ0n) is 17.6. The van der Waals surface area contributed by atoms with E-state index in [2.05, 4.69) is 24.4 Å². The van der Waals surface area contributed by atoms with Crippen LogP contribution >= 0.6 is 0 Å². The van der Waals surface area contributed by atoms with E-state index in [0.717, 1.165) is 24.0 Å². The quantitative estimate of drug-likeness (QED) is 0.536. The number of hydrogen-bond donors (Lipinski definition) is 0.